The van der Waals surface area contributed by atoms with E-state index in [1.807, 2.05) is 42.5 Å². The maximum absolute atomic E-state index is 5.33. The van der Waals surface area contributed by atoms with Crippen LogP contribution in [0.4, 0.5) is 5.69 Å². The minimum Gasteiger partial charge on any atom is -0.471 e. The van der Waals surface area contributed by atoms with Crippen molar-refractivity contribution < 1.29 is 4.42 Å². The summed E-state index contributed by atoms with van der Waals surface area (Å²) in [4.78, 5) is 4.77. The molecule has 1 aromatic heterocycles. The lowest BCUT2D eigenvalue weighted by Crippen LogP contribution is -1.96. The SMILES string of the molecule is c1ccc(N=C2c3ccccc3-c3cocc32)cc1. The lowest BCUT2D eigenvalue weighted by molar-refractivity contribution is 0.567. The monoisotopic (exact) mass is 245 g/mol. The highest BCUT2D eigenvalue weighted by molar-refractivity contribution is 6.24. The van der Waals surface area contributed by atoms with Crippen molar-refractivity contribution >= 4 is 11.4 Å². The van der Waals surface area contributed by atoms with Crippen LogP contribution in [0.2, 0.25) is 0 Å². The predicted molar refractivity (Wildman–Crippen MR) is 75.9 cm³/mol. The Bertz CT molecular complexity index is 769. The van der Waals surface area contributed by atoms with Gasteiger partial charge in [-0.15, -0.1) is 0 Å². The van der Waals surface area contributed by atoms with Gasteiger partial charge in [0.2, 0.25) is 0 Å². The minimum absolute atomic E-state index is 0.960. The summed E-state index contributed by atoms with van der Waals surface area (Å²) in [6.45, 7) is 0. The summed E-state index contributed by atoms with van der Waals surface area (Å²) in [5, 5.41) is 0. The van der Waals surface area contributed by atoms with Gasteiger partial charge in [0.25, 0.3) is 0 Å². The van der Waals surface area contributed by atoms with Gasteiger partial charge in [0.15, 0.2) is 0 Å². The van der Waals surface area contributed by atoms with Gasteiger partial charge < -0.3 is 4.42 Å². The van der Waals surface area contributed by atoms with Crippen LogP contribution in [-0.4, -0.2) is 5.71 Å². The third-order valence-electron chi connectivity index (χ3n) is 3.39. The summed E-state index contributed by atoms with van der Waals surface area (Å²) in [5.41, 5.74) is 6.52. The summed E-state index contributed by atoms with van der Waals surface area (Å²) in [6, 6.07) is 18.3. The van der Waals surface area contributed by atoms with Gasteiger partial charge in [-0.2, -0.15) is 0 Å². The van der Waals surface area contributed by atoms with E-state index in [1.165, 1.54) is 11.1 Å². The first-order valence-corrected chi connectivity index (χ1v) is 6.23. The van der Waals surface area contributed by atoms with Crippen LogP contribution in [0.5, 0.6) is 0 Å². The number of benzene rings is 2. The quantitative estimate of drug-likeness (QED) is 0.487. The van der Waals surface area contributed by atoms with Crippen molar-refractivity contribution in [3.63, 3.8) is 0 Å². The molecule has 2 aromatic carbocycles. The van der Waals surface area contributed by atoms with Crippen LogP contribution >= 0.6 is 0 Å². The largest absolute Gasteiger partial charge is 0.471 e. The first-order valence-electron chi connectivity index (χ1n) is 6.23. The van der Waals surface area contributed by atoms with Crippen molar-refractivity contribution in [1.82, 2.24) is 0 Å². The number of fused-ring (bicyclic) bond motifs is 3. The number of nitrogens with zero attached hydrogens (tertiary/aromatic N) is 1. The molecule has 0 spiro atoms. The predicted octanol–water partition coefficient (Wildman–Crippen LogP) is 4.43. The third kappa shape index (κ3) is 1.54. The molecule has 4 rings (SSSR count). The zero-order valence-corrected chi connectivity index (χ0v) is 10.2. The topological polar surface area (TPSA) is 25.5 Å². The van der Waals surface area contributed by atoms with E-state index in [-0.39, 0.29) is 0 Å². The maximum atomic E-state index is 5.33. The Morgan fingerprint density at radius 3 is 2.16 bits per heavy atom. The van der Waals surface area contributed by atoms with Crippen LogP contribution in [0.1, 0.15) is 11.1 Å². The second kappa shape index (κ2) is 3.95. The Labute approximate surface area is 111 Å². The highest BCUT2D eigenvalue weighted by Gasteiger charge is 2.26. The summed E-state index contributed by atoms with van der Waals surface area (Å²) in [6.07, 6.45) is 3.57. The van der Waals surface area contributed by atoms with Gasteiger partial charge in [0, 0.05) is 16.7 Å². The van der Waals surface area contributed by atoms with E-state index < -0.39 is 0 Å². The minimum atomic E-state index is 0.960. The van der Waals surface area contributed by atoms with E-state index in [9.17, 15) is 0 Å². The van der Waals surface area contributed by atoms with Gasteiger partial charge in [0.05, 0.1) is 17.7 Å². The smallest absolute Gasteiger partial charge is 0.100 e. The molecule has 2 heteroatoms. The van der Waals surface area contributed by atoms with E-state index in [0.717, 1.165) is 22.5 Å². The molecule has 0 aliphatic heterocycles. The van der Waals surface area contributed by atoms with Crippen molar-refractivity contribution in [2.24, 2.45) is 4.99 Å². The van der Waals surface area contributed by atoms with Gasteiger partial charge in [-0.05, 0) is 17.7 Å². The average Bonchev–Trinajstić information content (AvgIpc) is 3.04. The first kappa shape index (κ1) is 10.3. The number of rotatable bonds is 1. The molecule has 1 heterocycles. The Morgan fingerprint density at radius 2 is 1.32 bits per heavy atom. The molecule has 1 aliphatic carbocycles. The molecule has 0 saturated heterocycles. The highest BCUT2D eigenvalue weighted by Crippen LogP contribution is 2.38. The standard InChI is InChI=1S/C17H11NO/c1-2-6-12(7-3-1)18-17-14-9-5-4-8-13(14)15-10-19-11-16(15)17/h1-11H. The molecule has 3 aromatic rings. The fourth-order valence-corrected chi connectivity index (χ4v) is 2.51. The number of furan rings is 1. The summed E-state index contributed by atoms with van der Waals surface area (Å²) < 4.78 is 5.33. The van der Waals surface area contributed by atoms with Crippen LogP contribution in [-0.2, 0) is 0 Å². The molecule has 0 atom stereocenters. The summed E-state index contributed by atoms with van der Waals surface area (Å²) >= 11 is 0. The molecule has 0 fully saturated rings. The summed E-state index contributed by atoms with van der Waals surface area (Å²) in [7, 11) is 0. The molecule has 0 bridgehead atoms. The van der Waals surface area contributed by atoms with E-state index >= 15 is 0 Å². The fraction of sp³-hybridized carbons (Fsp3) is 0. The molecule has 19 heavy (non-hydrogen) atoms. The van der Waals surface area contributed by atoms with Crippen molar-refractivity contribution in [3.8, 4) is 11.1 Å². The second-order valence-corrected chi connectivity index (χ2v) is 4.54. The third-order valence-corrected chi connectivity index (χ3v) is 3.39. The first-order chi connectivity index (χ1) is 9.43. The van der Waals surface area contributed by atoms with Crippen molar-refractivity contribution in [2.45, 2.75) is 0 Å². The van der Waals surface area contributed by atoms with E-state index in [2.05, 4.69) is 12.1 Å². The van der Waals surface area contributed by atoms with Crippen molar-refractivity contribution in [2.75, 3.05) is 0 Å². The zero-order chi connectivity index (χ0) is 12.7. The molecule has 0 amide bonds. The zero-order valence-electron chi connectivity index (χ0n) is 10.2. The van der Waals surface area contributed by atoms with Gasteiger partial charge in [-0.3, -0.25) is 0 Å². The van der Waals surface area contributed by atoms with E-state index in [4.69, 9.17) is 9.41 Å². The van der Waals surface area contributed by atoms with Crippen LogP contribution in [0, 0.1) is 0 Å². The number of aliphatic imine (C=N–C) groups is 1. The fourth-order valence-electron chi connectivity index (χ4n) is 2.51. The lowest BCUT2D eigenvalue weighted by atomic mass is 10.1. The van der Waals surface area contributed by atoms with Gasteiger partial charge in [-0.25, -0.2) is 4.99 Å². The number of hydrogen-bond acceptors (Lipinski definition) is 2. The molecule has 2 nitrogen and oxygen atoms in total. The average molecular weight is 245 g/mol. The van der Waals surface area contributed by atoms with Crippen LogP contribution in [0.15, 0.2) is 76.5 Å². The Morgan fingerprint density at radius 1 is 0.632 bits per heavy atom. The second-order valence-electron chi connectivity index (χ2n) is 4.54. The Kier molecular flexibility index (Phi) is 2.15. The normalized spacial score (nSPS) is 14.4. The van der Waals surface area contributed by atoms with Crippen LogP contribution in [0.25, 0.3) is 11.1 Å². The molecule has 0 unspecified atom stereocenters. The molecule has 1 aliphatic rings. The Hall–Kier alpha value is -2.61. The number of para-hydroxylation sites is 1. The highest BCUT2D eigenvalue weighted by atomic mass is 16.3. The van der Waals surface area contributed by atoms with Gasteiger partial charge in [0.1, 0.15) is 6.26 Å². The summed E-state index contributed by atoms with van der Waals surface area (Å²) in [5.74, 6) is 0. The molecular weight excluding hydrogens is 234 g/mol. The van der Waals surface area contributed by atoms with Gasteiger partial charge in [-0.1, -0.05) is 42.5 Å². The van der Waals surface area contributed by atoms with Crippen LogP contribution in [0.3, 0.4) is 0 Å². The molecule has 90 valence electrons. The molecule has 0 radical (unpaired) electrons. The molecule has 0 N–H and O–H groups in total. The van der Waals surface area contributed by atoms with E-state index in [1.54, 1.807) is 12.5 Å². The number of hydrogen-bond donors (Lipinski definition) is 0. The van der Waals surface area contributed by atoms with Crippen LogP contribution < -0.4 is 0 Å². The van der Waals surface area contributed by atoms with E-state index in [0.29, 0.717) is 0 Å². The van der Waals surface area contributed by atoms with Gasteiger partial charge >= 0.3 is 0 Å². The Balaban J connectivity index is 1.97. The lowest BCUT2D eigenvalue weighted by Gasteiger charge is -2.01. The van der Waals surface area contributed by atoms with Crippen molar-refractivity contribution in [1.29, 1.82) is 0 Å². The molecular formula is C17H11NO. The van der Waals surface area contributed by atoms with Crippen molar-refractivity contribution in [3.05, 3.63) is 78.3 Å². The molecule has 0 saturated carbocycles. The maximum Gasteiger partial charge on any atom is 0.100 e.